The average molecular weight is 566 g/mol. The molecule has 0 N–H and O–H groups in total. The van der Waals surface area contributed by atoms with Crippen LogP contribution >= 0.6 is 11.6 Å². The van der Waals surface area contributed by atoms with Crippen LogP contribution in [-0.2, 0) is 30.3 Å². The number of pyridine rings is 1. The second-order valence-corrected chi connectivity index (χ2v) is 9.59. The Morgan fingerprint density at radius 1 is 1.18 bits per heavy atom. The lowest BCUT2D eigenvalue weighted by Crippen LogP contribution is -2.36. The predicted octanol–water partition coefficient (Wildman–Crippen LogP) is 5.80. The first kappa shape index (κ1) is 27.6. The highest BCUT2D eigenvalue weighted by atomic mass is 35.5. The number of imidazole rings is 1. The number of fused-ring (bicyclic) bond motifs is 1. The van der Waals surface area contributed by atoms with E-state index in [0.717, 1.165) is 11.6 Å². The van der Waals surface area contributed by atoms with Gasteiger partial charge < -0.3 is 9.29 Å². The zero-order chi connectivity index (χ0) is 27.6. The first-order chi connectivity index (χ1) is 18.0. The number of aryl methyl sites for hydroxylation is 2. The van der Waals surface area contributed by atoms with Gasteiger partial charge in [0, 0.05) is 19.2 Å². The minimum atomic E-state index is -4.62. The lowest BCUT2D eigenvalue weighted by atomic mass is 10.2. The molecule has 2 aromatic heterocycles. The highest BCUT2D eigenvalue weighted by Gasteiger charge is 2.34. The minimum Gasteiger partial charge on any atom is -0.755 e. The van der Waals surface area contributed by atoms with Gasteiger partial charge in [0.15, 0.2) is 0 Å². The molecule has 2 heterocycles. The summed E-state index contributed by atoms with van der Waals surface area (Å²) < 4.78 is 70.5. The summed E-state index contributed by atoms with van der Waals surface area (Å²) in [6, 6.07) is 12.0. The van der Waals surface area contributed by atoms with Crippen molar-refractivity contribution in [3.05, 3.63) is 82.3 Å². The molecular formula is C25H21ClF3N4O4S-. The number of alkyl halides is 3. The second-order valence-electron chi connectivity index (χ2n) is 8.31. The standard InChI is InChI=1S/C25H22ClF3N4O4S/c1-3-22-31-20-12-18(25(27,28)29)19(26)13-21(20)33(22)23-9-6-16(14-30-23)10-11-32(38(35)36)24(34)37-17-7-4-15(2)5-8-17/h4-9,12-14H,3,10-11H2,1-2H3,(H,35,36)/p-1. The van der Waals surface area contributed by atoms with Crippen molar-refractivity contribution in [1.29, 1.82) is 0 Å². The van der Waals surface area contributed by atoms with Crippen LogP contribution in [0.5, 0.6) is 5.75 Å². The molecule has 1 amide bonds. The molecule has 1 atom stereocenters. The Morgan fingerprint density at radius 3 is 2.47 bits per heavy atom. The SMILES string of the molecule is CCc1nc2cc(C(F)(F)F)c(Cl)cc2n1-c1ccc(CCN(C(=O)Oc2ccc(C)cc2)S(=O)[O-])cn1. The molecular weight excluding hydrogens is 545 g/mol. The monoisotopic (exact) mass is 565 g/mol. The highest BCUT2D eigenvalue weighted by Crippen LogP contribution is 2.37. The van der Waals surface area contributed by atoms with E-state index in [4.69, 9.17) is 16.3 Å². The van der Waals surface area contributed by atoms with Gasteiger partial charge >= 0.3 is 12.3 Å². The van der Waals surface area contributed by atoms with Crippen molar-refractivity contribution in [1.82, 2.24) is 18.8 Å². The molecule has 0 aliphatic carbocycles. The van der Waals surface area contributed by atoms with Crippen molar-refractivity contribution in [3.8, 4) is 11.6 Å². The summed E-state index contributed by atoms with van der Waals surface area (Å²) in [5.41, 5.74) is 1.10. The molecule has 0 bridgehead atoms. The summed E-state index contributed by atoms with van der Waals surface area (Å²) in [5, 5.41) is -0.450. The lowest BCUT2D eigenvalue weighted by molar-refractivity contribution is -0.137. The molecule has 38 heavy (non-hydrogen) atoms. The fraction of sp³-hybridized carbons (Fsp3) is 0.240. The van der Waals surface area contributed by atoms with E-state index in [9.17, 15) is 26.7 Å². The average Bonchev–Trinajstić information content (AvgIpc) is 3.22. The van der Waals surface area contributed by atoms with E-state index in [1.807, 2.05) is 13.8 Å². The fourth-order valence-electron chi connectivity index (χ4n) is 3.77. The number of carbonyl (C=O) groups excluding carboxylic acids is 1. The topological polar surface area (TPSA) is 100 Å². The fourth-order valence-corrected chi connectivity index (χ4v) is 4.43. The Balaban J connectivity index is 1.53. The molecule has 0 aliphatic heterocycles. The summed E-state index contributed by atoms with van der Waals surface area (Å²) >= 11 is 3.07. The van der Waals surface area contributed by atoms with E-state index in [0.29, 0.717) is 33.4 Å². The third kappa shape index (κ3) is 5.98. The Morgan fingerprint density at radius 2 is 1.89 bits per heavy atom. The summed E-state index contributed by atoms with van der Waals surface area (Å²) in [6.45, 7) is 3.48. The molecule has 8 nitrogen and oxygen atoms in total. The van der Waals surface area contributed by atoms with Crippen molar-refractivity contribution in [3.63, 3.8) is 0 Å². The number of halogens is 4. The van der Waals surface area contributed by atoms with Crippen LogP contribution in [0.2, 0.25) is 5.02 Å². The molecule has 4 aromatic rings. The number of amides is 1. The quantitative estimate of drug-likeness (QED) is 0.263. The van der Waals surface area contributed by atoms with Crippen molar-refractivity contribution in [2.75, 3.05) is 6.54 Å². The van der Waals surface area contributed by atoms with Crippen LogP contribution < -0.4 is 4.74 Å². The highest BCUT2D eigenvalue weighted by molar-refractivity contribution is 7.77. The zero-order valence-corrected chi connectivity index (χ0v) is 21.7. The van der Waals surface area contributed by atoms with Gasteiger partial charge in [0.2, 0.25) is 0 Å². The summed E-state index contributed by atoms with van der Waals surface area (Å²) in [7, 11) is 0. The third-order valence-electron chi connectivity index (χ3n) is 5.69. The zero-order valence-electron chi connectivity index (χ0n) is 20.2. The molecule has 0 saturated heterocycles. The smallest absolute Gasteiger partial charge is 0.426 e. The number of rotatable bonds is 7. The largest absolute Gasteiger partial charge is 0.755 e. The number of carbonyl (C=O) groups is 1. The normalized spacial score (nSPS) is 12.5. The Kier molecular flexibility index (Phi) is 8.05. The Bertz CT molecular complexity index is 1490. The molecule has 0 spiro atoms. The number of aromatic nitrogens is 3. The van der Waals surface area contributed by atoms with Gasteiger partial charge in [-0.25, -0.2) is 19.1 Å². The molecule has 2 aromatic carbocycles. The van der Waals surface area contributed by atoms with E-state index in [1.54, 1.807) is 41.0 Å². The van der Waals surface area contributed by atoms with Crippen LogP contribution in [0.3, 0.4) is 0 Å². The van der Waals surface area contributed by atoms with Gasteiger partial charge in [0.05, 0.1) is 32.9 Å². The van der Waals surface area contributed by atoms with E-state index in [2.05, 4.69) is 9.97 Å². The van der Waals surface area contributed by atoms with Crippen LogP contribution in [0, 0.1) is 6.92 Å². The van der Waals surface area contributed by atoms with Crippen molar-refractivity contribution >= 4 is 40.0 Å². The molecule has 0 radical (unpaired) electrons. The maximum absolute atomic E-state index is 13.3. The van der Waals surface area contributed by atoms with Crippen LogP contribution in [0.4, 0.5) is 18.0 Å². The van der Waals surface area contributed by atoms with Gasteiger partial charge in [-0.3, -0.25) is 8.78 Å². The Labute approximate surface area is 223 Å². The van der Waals surface area contributed by atoms with E-state index in [-0.39, 0.29) is 24.2 Å². The molecule has 200 valence electrons. The molecule has 0 aliphatic rings. The molecule has 4 rings (SSSR count). The second kappa shape index (κ2) is 11.1. The minimum absolute atomic E-state index is 0.130. The number of hydrogen-bond donors (Lipinski definition) is 0. The summed E-state index contributed by atoms with van der Waals surface area (Å²) in [5.74, 6) is 1.10. The van der Waals surface area contributed by atoms with Gasteiger partial charge in [-0.2, -0.15) is 13.2 Å². The number of benzene rings is 2. The van der Waals surface area contributed by atoms with E-state index >= 15 is 0 Å². The predicted molar refractivity (Wildman–Crippen MR) is 135 cm³/mol. The summed E-state index contributed by atoms with van der Waals surface area (Å²) in [6.07, 6.45) is -3.60. The number of nitrogens with zero attached hydrogens (tertiary/aromatic N) is 4. The van der Waals surface area contributed by atoms with E-state index < -0.39 is 34.1 Å². The molecule has 13 heteroatoms. The maximum Gasteiger partial charge on any atom is 0.426 e. The van der Waals surface area contributed by atoms with Gasteiger partial charge in [0.1, 0.15) is 17.4 Å². The van der Waals surface area contributed by atoms with Gasteiger partial charge in [0.25, 0.3) is 0 Å². The third-order valence-corrected chi connectivity index (χ3v) is 6.69. The van der Waals surface area contributed by atoms with Crippen molar-refractivity contribution in [2.24, 2.45) is 0 Å². The van der Waals surface area contributed by atoms with Crippen molar-refractivity contribution < 1.29 is 31.5 Å². The Hall–Kier alpha value is -3.48. The lowest BCUT2D eigenvalue weighted by Gasteiger charge is -2.23. The van der Waals surface area contributed by atoms with E-state index in [1.165, 1.54) is 12.3 Å². The van der Waals surface area contributed by atoms with Crippen LogP contribution in [0.1, 0.15) is 29.4 Å². The van der Waals surface area contributed by atoms with Gasteiger partial charge in [-0.05, 0) is 49.2 Å². The molecule has 0 saturated carbocycles. The van der Waals surface area contributed by atoms with Gasteiger partial charge in [-0.1, -0.05) is 42.3 Å². The van der Waals surface area contributed by atoms with Crippen LogP contribution in [0.25, 0.3) is 16.9 Å². The first-order valence-corrected chi connectivity index (χ1v) is 12.8. The van der Waals surface area contributed by atoms with Crippen LogP contribution in [0.15, 0.2) is 54.7 Å². The van der Waals surface area contributed by atoms with Gasteiger partial charge in [-0.15, -0.1) is 0 Å². The summed E-state index contributed by atoms with van der Waals surface area (Å²) in [4.78, 5) is 21.1. The number of ether oxygens (including phenoxy) is 1. The maximum atomic E-state index is 13.3. The molecule has 0 fully saturated rings. The van der Waals surface area contributed by atoms with Crippen molar-refractivity contribution in [2.45, 2.75) is 32.9 Å². The first-order valence-electron chi connectivity index (χ1n) is 11.4. The molecule has 1 unspecified atom stereocenters. The van der Waals surface area contributed by atoms with Crippen LogP contribution in [-0.4, -0.2) is 40.2 Å². The number of hydrogen-bond acceptors (Lipinski definition) is 6.